The smallest absolute Gasteiger partial charge is 0.305 e. The normalized spacial score (nSPS) is 9.73. The van der Waals surface area contributed by atoms with E-state index in [1.165, 1.54) is 7.11 Å². The maximum absolute atomic E-state index is 11.0. The van der Waals surface area contributed by atoms with Crippen LogP contribution >= 0.6 is 0 Å². The molecule has 0 saturated heterocycles. The van der Waals surface area contributed by atoms with Crippen LogP contribution in [0.1, 0.15) is 12.0 Å². The van der Waals surface area contributed by atoms with Gasteiger partial charge in [-0.1, -0.05) is 0 Å². The molecule has 4 nitrogen and oxygen atoms in total. The number of hydrogen-bond donors (Lipinski definition) is 1. The van der Waals surface area contributed by atoms with E-state index in [0.29, 0.717) is 18.5 Å². The van der Waals surface area contributed by atoms with Crippen molar-refractivity contribution in [3.8, 4) is 5.75 Å². The van der Waals surface area contributed by atoms with E-state index < -0.39 is 0 Å². The Morgan fingerprint density at radius 1 is 1.40 bits per heavy atom. The van der Waals surface area contributed by atoms with E-state index in [1.807, 2.05) is 6.07 Å². The first kappa shape index (κ1) is 11.4. The molecule has 0 aromatic heterocycles. The quantitative estimate of drug-likeness (QED) is 0.601. The Bertz CT molecular complexity index is 350. The summed E-state index contributed by atoms with van der Waals surface area (Å²) in [6.45, 7) is 0. The third-order valence-electron chi connectivity index (χ3n) is 2.13. The highest BCUT2D eigenvalue weighted by Crippen LogP contribution is 2.22. The number of carbonyl (C=O) groups excluding carboxylic acids is 1. The largest absolute Gasteiger partial charge is 0.496 e. The van der Waals surface area contributed by atoms with Gasteiger partial charge in [0, 0.05) is 12.1 Å². The van der Waals surface area contributed by atoms with Crippen LogP contribution in [-0.2, 0) is 16.0 Å². The molecule has 4 heteroatoms. The second-order valence-electron chi connectivity index (χ2n) is 3.15. The van der Waals surface area contributed by atoms with Crippen LogP contribution in [0, 0.1) is 0 Å². The molecule has 0 amide bonds. The predicted molar refractivity (Wildman–Crippen MR) is 57.7 cm³/mol. The Hall–Kier alpha value is -1.71. The Labute approximate surface area is 89.0 Å². The molecule has 1 aromatic carbocycles. The molecule has 0 spiro atoms. The predicted octanol–water partition coefficient (Wildman–Crippen LogP) is 1.38. The van der Waals surface area contributed by atoms with Crippen molar-refractivity contribution in [3.05, 3.63) is 23.8 Å². The van der Waals surface area contributed by atoms with Gasteiger partial charge in [0.25, 0.3) is 0 Å². The molecule has 0 bridgehead atoms. The van der Waals surface area contributed by atoms with Crippen molar-refractivity contribution in [2.24, 2.45) is 0 Å². The van der Waals surface area contributed by atoms with E-state index in [2.05, 4.69) is 4.74 Å². The second kappa shape index (κ2) is 5.24. The van der Waals surface area contributed by atoms with E-state index in [4.69, 9.17) is 10.5 Å². The van der Waals surface area contributed by atoms with Crippen LogP contribution in [0.5, 0.6) is 5.75 Å². The Morgan fingerprint density at radius 3 is 2.73 bits per heavy atom. The molecule has 0 aliphatic carbocycles. The van der Waals surface area contributed by atoms with Crippen LogP contribution < -0.4 is 10.5 Å². The average molecular weight is 209 g/mol. The lowest BCUT2D eigenvalue weighted by Crippen LogP contribution is -2.03. The maximum Gasteiger partial charge on any atom is 0.305 e. The number of ether oxygens (including phenoxy) is 2. The lowest BCUT2D eigenvalue weighted by molar-refractivity contribution is -0.140. The summed E-state index contributed by atoms with van der Waals surface area (Å²) in [6, 6.07) is 5.37. The van der Waals surface area contributed by atoms with Gasteiger partial charge in [0.2, 0.25) is 0 Å². The third-order valence-corrected chi connectivity index (χ3v) is 2.13. The lowest BCUT2D eigenvalue weighted by atomic mass is 10.1. The number of aryl methyl sites for hydroxylation is 1. The van der Waals surface area contributed by atoms with Crippen molar-refractivity contribution >= 4 is 11.7 Å². The number of anilines is 1. The molecule has 15 heavy (non-hydrogen) atoms. The first-order valence-electron chi connectivity index (χ1n) is 4.66. The van der Waals surface area contributed by atoms with Gasteiger partial charge in [0.05, 0.1) is 14.2 Å². The van der Waals surface area contributed by atoms with Crippen molar-refractivity contribution in [1.82, 2.24) is 0 Å². The summed E-state index contributed by atoms with van der Waals surface area (Å²) >= 11 is 0. The maximum atomic E-state index is 11.0. The Morgan fingerprint density at radius 2 is 2.13 bits per heavy atom. The first-order valence-corrected chi connectivity index (χ1v) is 4.66. The van der Waals surface area contributed by atoms with Crippen molar-refractivity contribution in [2.75, 3.05) is 20.0 Å². The Kier molecular flexibility index (Phi) is 3.97. The molecule has 0 saturated carbocycles. The number of hydrogen-bond acceptors (Lipinski definition) is 4. The molecule has 0 aliphatic rings. The molecule has 2 N–H and O–H groups in total. The van der Waals surface area contributed by atoms with E-state index in [9.17, 15) is 4.79 Å². The summed E-state index contributed by atoms with van der Waals surface area (Å²) < 4.78 is 9.72. The molecular formula is C11H15NO3. The summed E-state index contributed by atoms with van der Waals surface area (Å²) in [5, 5.41) is 0. The SMILES string of the molecule is COC(=O)CCc1cc(N)ccc1OC. The standard InChI is InChI=1S/C11H15NO3/c1-14-10-5-4-9(12)7-8(10)3-6-11(13)15-2/h4-5,7H,3,6,12H2,1-2H3. The third kappa shape index (κ3) is 3.16. The van der Waals surface area contributed by atoms with E-state index >= 15 is 0 Å². The number of esters is 1. The molecule has 0 aliphatic heterocycles. The second-order valence-corrected chi connectivity index (χ2v) is 3.15. The van der Waals surface area contributed by atoms with Gasteiger partial charge < -0.3 is 15.2 Å². The van der Waals surface area contributed by atoms with Gasteiger partial charge in [-0.25, -0.2) is 0 Å². The average Bonchev–Trinajstić information content (AvgIpc) is 2.26. The fourth-order valence-corrected chi connectivity index (χ4v) is 1.33. The minimum absolute atomic E-state index is 0.237. The fraction of sp³-hybridized carbons (Fsp3) is 0.364. The van der Waals surface area contributed by atoms with Crippen molar-refractivity contribution < 1.29 is 14.3 Å². The van der Waals surface area contributed by atoms with Crippen LogP contribution in [0.2, 0.25) is 0 Å². The highest BCUT2D eigenvalue weighted by atomic mass is 16.5. The minimum Gasteiger partial charge on any atom is -0.496 e. The van der Waals surface area contributed by atoms with Gasteiger partial charge in [-0.15, -0.1) is 0 Å². The number of methoxy groups -OCH3 is 2. The minimum atomic E-state index is -0.237. The summed E-state index contributed by atoms with van der Waals surface area (Å²) in [7, 11) is 2.96. The van der Waals surface area contributed by atoms with Crippen molar-refractivity contribution in [2.45, 2.75) is 12.8 Å². The summed E-state index contributed by atoms with van der Waals surface area (Å²) in [4.78, 5) is 11.0. The molecular weight excluding hydrogens is 194 g/mol. The molecule has 1 rings (SSSR count). The number of benzene rings is 1. The van der Waals surface area contributed by atoms with E-state index in [1.54, 1.807) is 19.2 Å². The summed E-state index contributed by atoms with van der Waals surface area (Å²) in [6.07, 6.45) is 0.900. The number of rotatable bonds is 4. The molecule has 0 heterocycles. The fourth-order valence-electron chi connectivity index (χ4n) is 1.33. The molecule has 0 fully saturated rings. The van der Waals surface area contributed by atoms with Gasteiger partial charge in [-0.2, -0.15) is 0 Å². The van der Waals surface area contributed by atoms with Gasteiger partial charge in [-0.3, -0.25) is 4.79 Å². The molecule has 1 aromatic rings. The van der Waals surface area contributed by atoms with Crippen LogP contribution in [0.25, 0.3) is 0 Å². The van der Waals surface area contributed by atoms with Gasteiger partial charge in [0.1, 0.15) is 5.75 Å². The number of nitrogen functional groups attached to an aromatic ring is 1. The van der Waals surface area contributed by atoms with Gasteiger partial charge in [0.15, 0.2) is 0 Å². The van der Waals surface area contributed by atoms with Crippen LogP contribution in [0.4, 0.5) is 5.69 Å². The summed E-state index contributed by atoms with van der Waals surface area (Å²) in [5.74, 6) is 0.507. The van der Waals surface area contributed by atoms with Crippen molar-refractivity contribution in [1.29, 1.82) is 0 Å². The van der Waals surface area contributed by atoms with E-state index in [0.717, 1.165) is 11.3 Å². The van der Waals surface area contributed by atoms with E-state index in [-0.39, 0.29) is 5.97 Å². The van der Waals surface area contributed by atoms with Crippen molar-refractivity contribution in [3.63, 3.8) is 0 Å². The van der Waals surface area contributed by atoms with Crippen LogP contribution in [-0.4, -0.2) is 20.2 Å². The van der Waals surface area contributed by atoms with Gasteiger partial charge in [-0.05, 0) is 30.2 Å². The molecule has 0 atom stereocenters. The summed E-state index contributed by atoms with van der Waals surface area (Å²) in [5.41, 5.74) is 7.23. The zero-order chi connectivity index (χ0) is 11.3. The highest BCUT2D eigenvalue weighted by Gasteiger charge is 2.06. The zero-order valence-electron chi connectivity index (χ0n) is 8.95. The molecule has 0 unspecified atom stereocenters. The molecule has 0 radical (unpaired) electrons. The number of nitrogens with two attached hydrogens (primary N) is 1. The lowest BCUT2D eigenvalue weighted by Gasteiger charge is -2.08. The highest BCUT2D eigenvalue weighted by molar-refractivity contribution is 5.69. The molecule has 82 valence electrons. The van der Waals surface area contributed by atoms with Crippen LogP contribution in [0.3, 0.4) is 0 Å². The Balaban J connectivity index is 2.74. The topological polar surface area (TPSA) is 61.5 Å². The number of carbonyl (C=O) groups is 1. The zero-order valence-corrected chi connectivity index (χ0v) is 8.95. The monoisotopic (exact) mass is 209 g/mol. The van der Waals surface area contributed by atoms with Crippen LogP contribution in [0.15, 0.2) is 18.2 Å². The van der Waals surface area contributed by atoms with Gasteiger partial charge >= 0.3 is 5.97 Å². The first-order chi connectivity index (χ1) is 7.17.